The molecule has 0 aliphatic carbocycles. The quantitative estimate of drug-likeness (QED) is 0.357. The smallest absolute Gasteiger partial charge is 0.269 e. The number of hydrogen-bond donors (Lipinski definition) is 2. The van der Waals surface area contributed by atoms with Crippen LogP contribution in [0.15, 0.2) is 24.3 Å². The first kappa shape index (κ1) is 11.9. The average molecular weight is 253 g/mol. The van der Waals surface area contributed by atoms with Gasteiger partial charge in [-0.15, -0.1) is 10.7 Å². The summed E-state index contributed by atoms with van der Waals surface area (Å²) in [6.45, 7) is 0.702. The Balaban J connectivity index is 2.26. The molecule has 90 valence electrons. The lowest BCUT2D eigenvalue weighted by atomic mass is 10.1. The van der Waals surface area contributed by atoms with Crippen LogP contribution in [-0.2, 0) is 0 Å². The molecule has 0 saturated heterocycles. The Morgan fingerprint density at radius 1 is 1.41 bits per heavy atom. The second kappa shape index (κ2) is 4.74. The first-order valence-electron chi connectivity index (χ1n) is 4.95. The normalized spacial score (nSPS) is 19.4. The minimum Gasteiger partial charge on any atom is -0.287 e. The van der Waals surface area contributed by atoms with Crippen molar-refractivity contribution in [1.82, 2.24) is 5.32 Å². The van der Waals surface area contributed by atoms with Crippen LogP contribution in [0.5, 0.6) is 0 Å². The second-order valence-electron chi connectivity index (χ2n) is 3.52. The maximum Gasteiger partial charge on any atom is 0.269 e. The third kappa shape index (κ3) is 2.41. The van der Waals surface area contributed by atoms with E-state index < -0.39 is 15.6 Å². The number of ketones is 1. The fraction of sp³-hybridized carbons (Fsp3) is 0.200. The maximum absolute atomic E-state index is 12.0. The number of nitrogens with one attached hydrogen (secondary N) is 1. The predicted molar refractivity (Wildman–Crippen MR) is 67.1 cm³/mol. The molecule has 17 heavy (non-hydrogen) atoms. The molecule has 7 heteroatoms. The van der Waals surface area contributed by atoms with E-state index in [1.165, 1.54) is 24.3 Å². The fourth-order valence-electron chi connectivity index (χ4n) is 1.53. The zero-order chi connectivity index (χ0) is 12.4. The molecular weight excluding hydrogens is 242 g/mol. The molecule has 0 bridgehead atoms. The van der Waals surface area contributed by atoms with Gasteiger partial charge in [-0.25, -0.2) is 0 Å². The predicted octanol–water partition coefficient (Wildman–Crippen LogP) is 0.653. The molecule has 2 rings (SSSR count). The monoisotopic (exact) mass is 253 g/mol. The Morgan fingerprint density at radius 2 is 2.06 bits per heavy atom. The second-order valence-corrected chi connectivity index (χ2v) is 5.20. The van der Waals surface area contributed by atoms with Gasteiger partial charge in [-0.05, 0) is 12.1 Å². The van der Waals surface area contributed by atoms with Gasteiger partial charge in [-0.3, -0.25) is 25.4 Å². The van der Waals surface area contributed by atoms with Gasteiger partial charge in [0.2, 0.25) is 5.78 Å². The van der Waals surface area contributed by atoms with Crippen molar-refractivity contribution in [2.45, 2.75) is 0 Å². The van der Waals surface area contributed by atoms with Crippen LogP contribution < -0.4 is 10.5 Å². The number of benzene rings is 1. The van der Waals surface area contributed by atoms with Crippen LogP contribution >= 0.6 is 10.7 Å². The van der Waals surface area contributed by atoms with E-state index >= 15 is 0 Å². The highest BCUT2D eigenvalue weighted by Crippen LogP contribution is 2.16. The topological polar surface area (TPSA) is 98.3 Å². The minimum atomic E-state index is -0.533. The van der Waals surface area contributed by atoms with Crippen LogP contribution in [0.3, 0.4) is 0 Å². The van der Waals surface area contributed by atoms with Crippen molar-refractivity contribution in [3.63, 3.8) is 0 Å². The molecule has 1 aromatic carbocycles. The molecule has 6 nitrogen and oxygen atoms in total. The zero-order valence-corrected chi connectivity index (χ0v) is 9.70. The van der Waals surface area contributed by atoms with Gasteiger partial charge in [-0.2, -0.15) is 0 Å². The number of carbonyl (C=O) groups excluding carboxylic acids is 1. The molecule has 1 aliphatic heterocycles. The first-order valence-corrected chi connectivity index (χ1v) is 6.40. The number of non-ortho nitro benzene ring substituents is 1. The summed E-state index contributed by atoms with van der Waals surface area (Å²) in [7, 11) is -0.533. The van der Waals surface area contributed by atoms with Crippen molar-refractivity contribution in [2.24, 2.45) is 5.14 Å². The Hall–Kier alpha value is -1.57. The third-order valence-electron chi connectivity index (χ3n) is 2.42. The lowest BCUT2D eigenvalue weighted by Crippen LogP contribution is -2.27. The summed E-state index contributed by atoms with van der Waals surface area (Å²) in [6.07, 6.45) is 0. The van der Waals surface area contributed by atoms with Gasteiger partial charge in [0, 0.05) is 30.0 Å². The van der Waals surface area contributed by atoms with Gasteiger partial charge in [0.15, 0.2) is 0 Å². The molecule has 1 heterocycles. The lowest BCUT2D eigenvalue weighted by Gasteiger charge is -2.03. The summed E-state index contributed by atoms with van der Waals surface area (Å²) >= 11 is 0. The van der Waals surface area contributed by atoms with Crippen LogP contribution in [0.1, 0.15) is 10.4 Å². The zero-order valence-electron chi connectivity index (χ0n) is 8.88. The van der Waals surface area contributed by atoms with Crippen molar-refractivity contribution >= 4 is 27.1 Å². The third-order valence-corrected chi connectivity index (χ3v) is 3.91. The number of nitro benzene ring substituents is 1. The molecule has 1 unspecified atom stereocenters. The Bertz CT molecular complexity index is 510. The van der Waals surface area contributed by atoms with Gasteiger partial charge in [0.05, 0.1) is 4.92 Å². The SMILES string of the molecule is NS1=C(C(=O)c2ccc([N+](=O)[O-])cc2)NCC1. The van der Waals surface area contributed by atoms with Gasteiger partial charge < -0.3 is 0 Å². The summed E-state index contributed by atoms with van der Waals surface area (Å²) in [4.78, 5) is 22.5. The van der Waals surface area contributed by atoms with E-state index in [2.05, 4.69) is 5.32 Å². The van der Waals surface area contributed by atoms with E-state index in [4.69, 9.17) is 5.14 Å². The van der Waals surface area contributed by atoms with Crippen molar-refractivity contribution in [2.75, 3.05) is 12.3 Å². The van der Waals surface area contributed by atoms with E-state index in [0.29, 0.717) is 17.1 Å². The number of carbonyl (C=O) groups is 1. The average Bonchev–Trinajstić information content (AvgIpc) is 2.74. The maximum atomic E-state index is 12.0. The van der Waals surface area contributed by atoms with Crippen LogP contribution in [-0.4, -0.2) is 28.0 Å². The van der Waals surface area contributed by atoms with Crippen molar-refractivity contribution in [3.8, 4) is 0 Å². The standard InChI is InChI=1S/C10H11N3O3S/c11-17-6-5-12-10(17)9(14)7-1-3-8(4-2-7)13(15)16/h1-4,12H,5-6,11H2. The Morgan fingerprint density at radius 3 is 2.53 bits per heavy atom. The Kier molecular flexibility index (Phi) is 3.32. The minimum absolute atomic E-state index is 0.0299. The molecule has 0 radical (unpaired) electrons. The summed E-state index contributed by atoms with van der Waals surface area (Å²) in [6, 6.07) is 5.53. The molecule has 0 fully saturated rings. The van der Waals surface area contributed by atoms with Crippen molar-refractivity contribution < 1.29 is 9.72 Å². The highest BCUT2D eigenvalue weighted by atomic mass is 32.2. The molecule has 0 spiro atoms. The van der Waals surface area contributed by atoms with Gasteiger partial charge in [0.1, 0.15) is 4.99 Å². The van der Waals surface area contributed by atoms with Crippen LogP contribution in [0.4, 0.5) is 5.69 Å². The molecule has 1 aromatic rings. The largest absolute Gasteiger partial charge is 0.287 e. The molecule has 0 amide bonds. The molecule has 0 aromatic heterocycles. The highest BCUT2D eigenvalue weighted by molar-refractivity contribution is 8.15. The summed E-state index contributed by atoms with van der Waals surface area (Å²) in [5.41, 5.74) is 0.389. The summed E-state index contributed by atoms with van der Waals surface area (Å²) in [5.74, 6) is 0.580. The molecule has 3 N–H and O–H groups in total. The number of nitro groups is 1. The number of nitrogens with two attached hydrogens (primary N) is 1. The van der Waals surface area contributed by atoms with Crippen molar-refractivity contribution in [1.29, 1.82) is 0 Å². The summed E-state index contributed by atoms with van der Waals surface area (Å²) < 4.78 is 0. The highest BCUT2D eigenvalue weighted by Gasteiger charge is 2.19. The Labute approximate surface area is 100 Å². The van der Waals surface area contributed by atoms with E-state index in [1.54, 1.807) is 0 Å². The number of hydrogen-bond acceptors (Lipinski definition) is 5. The molecule has 1 aliphatic rings. The van der Waals surface area contributed by atoms with E-state index in [0.717, 1.165) is 5.75 Å². The number of Topliss-reactive ketones (excluding diaryl/α,β-unsaturated/α-hetero) is 1. The van der Waals surface area contributed by atoms with Gasteiger partial charge >= 0.3 is 0 Å². The van der Waals surface area contributed by atoms with Gasteiger partial charge in [0.25, 0.3) is 5.69 Å². The van der Waals surface area contributed by atoms with E-state index in [1.807, 2.05) is 0 Å². The van der Waals surface area contributed by atoms with Gasteiger partial charge in [-0.1, -0.05) is 0 Å². The molecule has 0 saturated carbocycles. The number of rotatable bonds is 3. The van der Waals surface area contributed by atoms with Crippen LogP contribution in [0, 0.1) is 10.1 Å². The molecule has 1 atom stereocenters. The lowest BCUT2D eigenvalue weighted by molar-refractivity contribution is -0.384. The van der Waals surface area contributed by atoms with Crippen molar-refractivity contribution in [3.05, 3.63) is 39.9 Å². The van der Waals surface area contributed by atoms with E-state index in [-0.39, 0.29) is 11.5 Å². The van der Waals surface area contributed by atoms with Crippen LogP contribution in [0.2, 0.25) is 0 Å². The summed E-state index contributed by atoms with van der Waals surface area (Å²) in [5, 5.41) is 19.2. The molecular formula is C10H11N3O3S. The van der Waals surface area contributed by atoms with E-state index in [9.17, 15) is 14.9 Å². The number of nitrogens with zero attached hydrogens (tertiary/aromatic N) is 1. The first-order chi connectivity index (χ1) is 8.09. The fourth-order valence-corrected chi connectivity index (χ4v) is 2.70. The van der Waals surface area contributed by atoms with Crippen LogP contribution in [0.25, 0.3) is 0 Å².